The van der Waals surface area contributed by atoms with E-state index in [-0.39, 0.29) is 30.9 Å². The lowest BCUT2D eigenvalue weighted by atomic mass is 9.80. The molecule has 1 heterocycles. The molecule has 4 aromatic carbocycles. The van der Waals surface area contributed by atoms with E-state index in [4.69, 9.17) is 18.9 Å². The van der Waals surface area contributed by atoms with E-state index in [2.05, 4.69) is 4.90 Å². The van der Waals surface area contributed by atoms with Crippen LogP contribution < -0.4 is 0 Å². The number of nitrogens with zero attached hydrogens (tertiary/aromatic N) is 1. The van der Waals surface area contributed by atoms with Gasteiger partial charge in [0.15, 0.2) is 0 Å². The SMILES string of the molecule is FC(F)(F)C1CCC(CN2CC(OCc3ccccc3)C(OCc3ccccc3)C(OCc3ccccc3)C2COCc2ccccc2)CC1. The lowest BCUT2D eigenvalue weighted by Gasteiger charge is -2.49. The molecule has 0 spiro atoms. The van der Waals surface area contributed by atoms with Crippen molar-refractivity contribution in [3.05, 3.63) is 144 Å². The molecule has 0 bridgehead atoms. The largest absolute Gasteiger partial charge is 0.391 e. The Morgan fingerprint density at radius 3 is 1.46 bits per heavy atom. The van der Waals surface area contributed by atoms with E-state index >= 15 is 0 Å². The Bertz CT molecular complexity index is 1520. The summed E-state index contributed by atoms with van der Waals surface area (Å²) in [5.41, 5.74) is 4.23. The summed E-state index contributed by atoms with van der Waals surface area (Å²) in [6, 6.07) is 40.1. The van der Waals surface area contributed by atoms with Crippen LogP contribution in [0, 0.1) is 11.8 Å². The molecule has 5 nitrogen and oxygen atoms in total. The standard InChI is InChI=1S/C42H48F3NO4/c43-42(44,45)37-23-21-32(22-24-37)25-46-26-39(48-28-34-15-7-2-8-16-34)41(50-30-36-19-11-4-12-20-36)40(49-29-35-17-9-3-10-18-35)38(46)31-47-27-33-13-5-1-6-14-33/h1-20,32,37-41H,21-31H2. The summed E-state index contributed by atoms with van der Waals surface area (Å²) in [6.07, 6.45) is -3.93. The maximum absolute atomic E-state index is 13.6. The molecule has 0 N–H and O–H groups in total. The third-order valence-corrected chi connectivity index (χ3v) is 10.0. The first-order valence-electron chi connectivity index (χ1n) is 17.8. The van der Waals surface area contributed by atoms with Crippen LogP contribution in [0.2, 0.25) is 0 Å². The van der Waals surface area contributed by atoms with Gasteiger partial charge in [-0.15, -0.1) is 0 Å². The van der Waals surface area contributed by atoms with Gasteiger partial charge in [-0.1, -0.05) is 121 Å². The minimum absolute atomic E-state index is 0.136. The number of rotatable bonds is 15. The second kappa shape index (κ2) is 18.1. The topological polar surface area (TPSA) is 40.2 Å². The average molecular weight is 688 g/mol. The first-order chi connectivity index (χ1) is 24.4. The fourth-order valence-electron chi connectivity index (χ4n) is 7.26. The molecular formula is C42H48F3NO4. The quantitative estimate of drug-likeness (QED) is 0.125. The molecule has 0 aromatic heterocycles. The first-order valence-corrected chi connectivity index (χ1v) is 17.8. The number of hydrogen-bond donors (Lipinski definition) is 0. The maximum atomic E-state index is 13.6. The van der Waals surface area contributed by atoms with E-state index < -0.39 is 24.3 Å². The van der Waals surface area contributed by atoms with Crippen LogP contribution >= 0.6 is 0 Å². The molecule has 2 aliphatic rings. The number of likely N-dealkylation sites (tertiary alicyclic amines) is 1. The summed E-state index contributed by atoms with van der Waals surface area (Å²) in [6.45, 7) is 3.19. The van der Waals surface area contributed by atoms with Crippen LogP contribution in [0.1, 0.15) is 47.9 Å². The van der Waals surface area contributed by atoms with Crippen molar-refractivity contribution in [2.75, 3.05) is 19.7 Å². The van der Waals surface area contributed by atoms with Crippen LogP contribution in [-0.2, 0) is 45.4 Å². The Hall–Kier alpha value is -3.53. The Morgan fingerprint density at radius 2 is 0.980 bits per heavy atom. The maximum Gasteiger partial charge on any atom is 0.391 e. The lowest BCUT2D eigenvalue weighted by molar-refractivity contribution is -0.213. The summed E-state index contributed by atoms with van der Waals surface area (Å²) < 4.78 is 67.6. The fourth-order valence-corrected chi connectivity index (χ4v) is 7.26. The van der Waals surface area contributed by atoms with Gasteiger partial charge in [-0.2, -0.15) is 13.2 Å². The highest BCUT2D eigenvalue weighted by atomic mass is 19.4. The number of ether oxygens (including phenoxy) is 4. The van der Waals surface area contributed by atoms with Crippen molar-refractivity contribution in [3.8, 4) is 0 Å². The lowest BCUT2D eigenvalue weighted by Crippen LogP contribution is -2.65. The number of piperidine rings is 1. The van der Waals surface area contributed by atoms with Crippen molar-refractivity contribution >= 4 is 0 Å². The van der Waals surface area contributed by atoms with Gasteiger partial charge in [0.1, 0.15) is 12.2 Å². The number of halogens is 3. The molecule has 1 saturated carbocycles. The fraction of sp³-hybridized carbons (Fsp3) is 0.429. The molecule has 1 aliphatic heterocycles. The normalized spacial score (nSPS) is 24.6. The van der Waals surface area contributed by atoms with Crippen molar-refractivity contribution in [2.45, 2.75) is 82.6 Å². The minimum atomic E-state index is -4.14. The molecule has 8 heteroatoms. The van der Waals surface area contributed by atoms with Gasteiger partial charge in [0.25, 0.3) is 0 Å². The first kappa shape index (κ1) is 36.3. The number of hydrogen-bond acceptors (Lipinski definition) is 5. The highest BCUT2D eigenvalue weighted by molar-refractivity contribution is 5.16. The summed E-state index contributed by atoms with van der Waals surface area (Å²) >= 11 is 0. The molecule has 0 amide bonds. The highest BCUT2D eigenvalue weighted by Gasteiger charge is 2.47. The average Bonchev–Trinajstić information content (AvgIpc) is 3.15. The van der Waals surface area contributed by atoms with Gasteiger partial charge in [-0.25, -0.2) is 0 Å². The van der Waals surface area contributed by atoms with Crippen molar-refractivity contribution in [3.63, 3.8) is 0 Å². The van der Waals surface area contributed by atoms with Gasteiger partial charge < -0.3 is 18.9 Å². The van der Waals surface area contributed by atoms with Gasteiger partial charge in [0.05, 0.1) is 51.1 Å². The Balaban J connectivity index is 1.28. The van der Waals surface area contributed by atoms with E-state index in [0.717, 1.165) is 22.3 Å². The molecule has 4 aromatic rings. The number of benzene rings is 4. The Labute approximate surface area is 294 Å². The second-order valence-electron chi connectivity index (χ2n) is 13.6. The molecule has 1 saturated heterocycles. The van der Waals surface area contributed by atoms with Gasteiger partial charge in [-0.3, -0.25) is 4.90 Å². The van der Waals surface area contributed by atoms with E-state index in [9.17, 15) is 13.2 Å². The van der Waals surface area contributed by atoms with Crippen LogP contribution in [0.5, 0.6) is 0 Å². The van der Waals surface area contributed by atoms with Crippen molar-refractivity contribution in [2.24, 2.45) is 11.8 Å². The molecule has 4 unspecified atom stereocenters. The molecular weight excluding hydrogens is 639 g/mol. The van der Waals surface area contributed by atoms with Crippen molar-refractivity contribution in [1.82, 2.24) is 4.90 Å². The summed E-state index contributed by atoms with van der Waals surface area (Å²) in [7, 11) is 0. The van der Waals surface area contributed by atoms with E-state index in [1.807, 2.05) is 121 Å². The van der Waals surface area contributed by atoms with Crippen LogP contribution in [0.25, 0.3) is 0 Å². The molecule has 1 aliphatic carbocycles. The predicted molar refractivity (Wildman–Crippen MR) is 188 cm³/mol. The zero-order valence-electron chi connectivity index (χ0n) is 28.5. The summed E-state index contributed by atoms with van der Waals surface area (Å²) in [4.78, 5) is 2.36. The zero-order chi connectivity index (χ0) is 34.6. The minimum Gasteiger partial charge on any atom is -0.375 e. The van der Waals surface area contributed by atoms with Crippen LogP contribution in [0.4, 0.5) is 13.2 Å². The zero-order valence-corrected chi connectivity index (χ0v) is 28.5. The van der Waals surface area contributed by atoms with E-state index in [1.165, 1.54) is 0 Å². The summed E-state index contributed by atoms with van der Waals surface area (Å²) in [5.74, 6) is -1.08. The predicted octanol–water partition coefficient (Wildman–Crippen LogP) is 9.01. The third kappa shape index (κ3) is 10.5. The van der Waals surface area contributed by atoms with E-state index in [1.54, 1.807) is 0 Å². The van der Waals surface area contributed by atoms with Gasteiger partial charge in [-0.05, 0) is 53.9 Å². The van der Waals surface area contributed by atoms with Crippen LogP contribution in [0.15, 0.2) is 121 Å². The van der Waals surface area contributed by atoms with Gasteiger partial charge in [0.2, 0.25) is 0 Å². The molecule has 4 atom stereocenters. The summed E-state index contributed by atoms with van der Waals surface area (Å²) in [5, 5.41) is 0. The Morgan fingerprint density at radius 1 is 0.540 bits per heavy atom. The van der Waals surface area contributed by atoms with E-state index in [0.29, 0.717) is 59.0 Å². The van der Waals surface area contributed by atoms with Crippen molar-refractivity contribution in [1.29, 1.82) is 0 Å². The molecule has 266 valence electrons. The molecule has 50 heavy (non-hydrogen) atoms. The molecule has 0 radical (unpaired) electrons. The smallest absolute Gasteiger partial charge is 0.375 e. The Kier molecular flexibility index (Phi) is 13.1. The second-order valence-corrected chi connectivity index (χ2v) is 13.6. The number of alkyl halides is 3. The van der Waals surface area contributed by atoms with Crippen molar-refractivity contribution < 1.29 is 32.1 Å². The third-order valence-electron chi connectivity index (χ3n) is 10.0. The van der Waals surface area contributed by atoms with Gasteiger partial charge in [0, 0.05) is 13.1 Å². The van der Waals surface area contributed by atoms with Crippen LogP contribution in [-0.4, -0.2) is 55.1 Å². The monoisotopic (exact) mass is 687 g/mol. The highest BCUT2D eigenvalue weighted by Crippen LogP contribution is 2.40. The molecule has 2 fully saturated rings. The van der Waals surface area contributed by atoms with Crippen LogP contribution in [0.3, 0.4) is 0 Å². The molecule has 6 rings (SSSR count). The van der Waals surface area contributed by atoms with Gasteiger partial charge >= 0.3 is 6.18 Å².